The molecule has 0 aliphatic carbocycles. The van der Waals surface area contributed by atoms with Gasteiger partial charge in [0.2, 0.25) is 5.91 Å². The van der Waals surface area contributed by atoms with Crippen molar-refractivity contribution in [3.05, 3.63) is 111 Å². The standard InChI is InChI=1S/C30H24Cl2F3N3O3/c1-29(2,3)13-23-30(14-36,19-10-7-15(31)11-22(19)34)24(18-5-4-6-20(32)25(18)35)26(38-23)27(39)37-16-8-9-17(28(40)41)21(33)12-16/h4-13,24,26,38H,1-3H3,(H,37,39)(H,40,41)/b23-13-/t24-,26+,30-/m0/s1. The van der Waals surface area contributed by atoms with Crippen LogP contribution in [0.2, 0.25) is 10.0 Å². The summed E-state index contributed by atoms with van der Waals surface area (Å²) in [6.07, 6.45) is 1.66. The van der Waals surface area contributed by atoms with Gasteiger partial charge < -0.3 is 15.7 Å². The van der Waals surface area contributed by atoms with Crippen LogP contribution in [0.4, 0.5) is 18.9 Å². The number of anilines is 1. The van der Waals surface area contributed by atoms with Gasteiger partial charge in [-0.2, -0.15) is 5.26 Å². The maximum atomic E-state index is 15.7. The first kappa shape index (κ1) is 30.0. The Balaban J connectivity index is 1.97. The highest BCUT2D eigenvalue weighted by atomic mass is 35.5. The molecule has 11 heteroatoms. The molecule has 41 heavy (non-hydrogen) atoms. The first-order valence-corrected chi connectivity index (χ1v) is 13.1. The number of amides is 1. The van der Waals surface area contributed by atoms with Crippen LogP contribution in [-0.2, 0) is 10.2 Å². The Kier molecular flexibility index (Phi) is 8.12. The molecule has 1 aliphatic heterocycles. The van der Waals surface area contributed by atoms with Crippen LogP contribution in [0.25, 0.3) is 0 Å². The second kappa shape index (κ2) is 11.1. The summed E-state index contributed by atoms with van der Waals surface area (Å²) in [7, 11) is 0. The van der Waals surface area contributed by atoms with E-state index in [1.165, 1.54) is 36.4 Å². The van der Waals surface area contributed by atoms with Crippen molar-refractivity contribution >= 4 is 40.8 Å². The Morgan fingerprint density at radius 3 is 2.37 bits per heavy atom. The van der Waals surface area contributed by atoms with Crippen LogP contribution in [0.15, 0.2) is 66.4 Å². The predicted molar refractivity (Wildman–Crippen MR) is 149 cm³/mol. The molecule has 3 N–H and O–H groups in total. The first-order valence-electron chi connectivity index (χ1n) is 12.3. The summed E-state index contributed by atoms with van der Waals surface area (Å²) in [5.41, 5.74) is -3.38. The number of allylic oxidation sites excluding steroid dienone is 2. The van der Waals surface area contributed by atoms with E-state index in [-0.39, 0.29) is 32.6 Å². The highest BCUT2D eigenvalue weighted by Crippen LogP contribution is 2.53. The number of hydrogen-bond donors (Lipinski definition) is 3. The van der Waals surface area contributed by atoms with E-state index in [0.717, 1.165) is 18.2 Å². The van der Waals surface area contributed by atoms with Gasteiger partial charge in [0.05, 0.1) is 16.7 Å². The molecule has 1 heterocycles. The van der Waals surface area contributed by atoms with Crippen LogP contribution in [0.5, 0.6) is 0 Å². The topological polar surface area (TPSA) is 102 Å². The summed E-state index contributed by atoms with van der Waals surface area (Å²) in [6, 6.07) is 11.6. The van der Waals surface area contributed by atoms with E-state index >= 15 is 8.78 Å². The lowest BCUT2D eigenvalue weighted by atomic mass is 9.66. The van der Waals surface area contributed by atoms with Crippen LogP contribution in [0.1, 0.15) is 48.2 Å². The van der Waals surface area contributed by atoms with Gasteiger partial charge in [-0.3, -0.25) is 4.79 Å². The van der Waals surface area contributed by atoms with Crippen LogP contribution in [0.3, 0.4) is 0 Å². The average molecular weight is 602 g/mol. The molecule has 1 fully saturated rings. The van der Waals surface area contributed by atoms with Gasteiger partial charge in [-0.1, -0.05) is 68.2 Å². The fourth-order valence-corrected chi connectivity index (χ4v) is 5.40. The summed E-state index contributed by atoms with van der Waals surface area (Å²) >= 11 is 12.1. The molecule has 0 unspecified atom stereocenters. The molecule has 0 bridgehead atoms. The molecule has 3 atom stereocenters. The summed E-state index contributed by atoms with van der Waals surface area (Å²) in [4.78, 5) is 25.0. The largest absolute Gasteiger partial charge is 0.478 e. The summed E-state index contributed by atoms with van der Waals surface area (Å²) in [5.74, 6) is -6.52. The first-order chi connectivity index (χ1) is 19.2. The molecule has 3 aromatic rings. The second-order valence-electron chi connectivity index (χ2n) is 10.7. The number of rotatable bonds is 5. The van der Waals surface area contributed by atoms with Gasteiger partial charge in [-0.15, -0.1) is 0 Å². The van der Waals surface area contributed by atoms with Crippen LogP contribution >= 0.6 is 23.2 Å². The fraction of sp³-hybridized carbons (Fsp3) is 0.233. The molecule has 1 aliphatic rings. The maximum Gasteiger partial charge on any atom is 0.338 e. The predicted octanol–water partition coefficient (Wildman–Crippen LogP) is 7.19. The number of hydrogen-bond acceptors (Lipinski definition) is 4. The van der Waals surface area contributed by atoms with Gasteiger partial charge in [0, 0.05) is 27.9 Å². The smallest absolute Gasteiger partial charge is 0.338 e. The van der Waals surface area contributed by atoms with Gasteiger partial charge in [-0.05, 0) is 47.4 Å². The zero-order valence-corrected chi connectivity index (χ0v) is 23.5. The van der Waals surface area contributed by atoms with Gasteiger partial charge in [0.15, 0.2) is 0 Å². The summed E-state index contributed by atoms with van der Waals surface area (Å²) < 4.78 is 45.7. The number of carbonyl (C=O) groups is 2. The normalized spacial score (nSPS) is 21.3. The van der Waals surface area contributed by atoms with Crippen molar-refractivity contribution in [2.24, 2.45) is 5.41 Å². The lowest BCUT2D eigenvalue weighted by Gasteiger charge is -2.32. The Hall–Kier alpha value is -4.00. The van der Waals surface area contributed by atoms with E-state index in [1.54, 1.807) is 6.08 Å². The Morgan fingerprint density at radius 1 is 1.07 bits per heavy atom. The number of carboxylic acid groups (broad SMARTS) is 1. The zero-order valence-electron chi connectivity index (χ0n) is 22.0. The molecular weight excluding hydrogens is 578 g/mol. The highest BCUT2D eigenvalue weighted by Gasteiger charge is 2.58. The van der Waals surface area contributed by atoms with Crippen molar-refractivity contribution < 1.29 is 27.9 Å². The lowest BCUT2D eigenvalue weighted by molar-refractivity contribution is -0.118. The van der Waals surface area contributed by atoms with E-state index in [2.05, 4.69) is 16.7 Å². The maximum absolute atomic E-state index is 15.7. The number of carbonyl (C=O) groups excluding carboxylic acids is 1. The molecule has 212 valence electrons. The quantitative estimate of drug-likeness (QED) is 0.287. The number of benzene rings is 3. The van der Waals surface area contributed by atoms with E-state index in [1.807, 2.05) is 20.8 Å². The van der Waals surface area contributed by atoms with Crippen LogP contribution in [-0.4, -0.2) is 23.0 Å². The molecule has 0 saturated carbocycles. The highest BCUT2D eigenvalue weighted by molar-refractivity contribution is 6.31. The summed E-state index contributed by atoms with van der Waals surface area (Å²) in [6.45, 7) is 5.49. The number of nitrogens with one attached hydrogen (secondary N) is 2. The van der Waals surface area contributed by atoms with E-state index < -0.39 is 57.7 Å². The van der Waals surface area contributed by atoms with Gasteiger partial charge in [-0.25, -0.2) is 18.0 Å². The Labute approximate surface area is 244 Å². The second-order valence-corrected chi connectivity index (χ2v) is 11.5. The van der Waals surface area contributed by atoms with Gasteiger partial charge in [0.25, 0.3) is 0 Å². The molecule has 4 rings (SSSR count). The van der Waals surface area contributed by atoms with Crippen molar-refractivity contribution in [3.8, 4) is 6.07 Å². The minimum absolute atomic E-state index is 0.0678. The van der Waals surface area contributed by atoms with Crippen molar-refractivity contribution in [1.29, 1.82) is 5.26 Å². The fourth-order valence-electron chi connectivity index (χ4n) is 5.06. The number of carboxylic acids is 1. The molecule has 6 nitrogen and oxygen atoms in total. The van der Waals surface area contributed by atoms with Crippen molar-refractivity contribution in [1.82, 2.24) is 5.32 Å². The third-order valence-corrected chi connectivity index (χ3v) is 7.24. The van der Waals surface area contributed by atoms with E-state index in [4.69, 9.17) is 28.3 Å². The Morgan fingerprint density at radius 2 is 1.78 bits per heavy atom. The van der Waals surface area contributed by atoms with Crippen LogP contribution < -0.4 is 10.6 Å². The lowest BCUT2D eigenvalue weighted by Crippen LogP contribution is -2.41. The summed E-state index contributed by atoms with van der Waals surface area (Å²) in [5, 5.41) is 25.2. The third-order valence-electron chi connectivity index (χ3n) is 6.71. The monoisotopic (exact) mass is 601 g/mol. The zero-order chi connectivity index (χ0) is 30.3. The molecule has 0 spiro atoms. The van der Waals surface area contributed by atoms with Crippen LogP contribution in [0, 0.1) is 34.2 Å². The van der Waals surface area contributed by atoms with E-state index in [9.17, 15) is 19.2 Å². The average Bonchev–Trinajstić information content (AvgIpc) is 3.18. The SMILES string of the molecule is CC(C)(C)/C=C1\N[C@@H](C(=O)Nc2ccc(C(=O)O)c(F)c2)[C@H](c2cccc(Cl)c2F)[C@@]1(C#N)c1ccc(Cl)cc1F. The Bertz CT molecular complexity index is 1630. The number of halogens is 5. The molecule has 0 aromatic heterocycles. The van der Waals surface area contributed by atoms with E-state index in [0.29, 0.717) is 0 Å². The van der Waals surface area contributed by atoms with Crippen molar-refractivity contribution in [2.75, 3.05) is 5.32 Å². The minimum atomic E-state index is -1.96. The number of aromatic carboxylic acids is 1. The molecule has 1 amide bonds. The van der Waals surface area contributed by atoms with Crippen molar-refractivity contribution in [3.63, 3.8) is 0 Å². The molecule has 1 saturated heterocycles. The van der Waals surface area contributed by atoms with Crippen molar-refractivity contribution in [2.45, 2.75) is 38.1 Å². The number of nitriles is 1. The number of nitrogens with zero attached hydrogens (tertiary/aromatic N) is 1. The third kappa shape index (κ3) is 5.63. The minimum Gasteiger partial charge on any atom is -0.478 e. The van der Waals surface area contributed by atoms with Gasteiger partial charge >= 0.3 is 5.97 Å². The van der Waals surface area contributed by atoms with Gasteiger partial charge in [0.1, 0.15) is 28.9 Å². The molecule has 0 radical (unpaired) electrons. The molecule has 3 aromatic carbocycles. The molecular formula is C30H24Cl2F3N3O3.